The number of primary amides is 1. The number of aryl methyl sites for hydroxylation is 2. The molecule has 0 aliphatic heterocycles. The molecule has 0 unspecified atom stereocenters. The topological polar surface area (TPSA) is 94.0 Å². The zero-order valence-corrected chi connectivity index (χ0v) is 12.3. The highest BCUT2D eigenvalue weighted by molar-refractivity contribution is 5.99. The van der Waals surface area contributed by atoms with Crippen LogP contribution in [0.4, 0.5) is 17.2 Å². The zero-order chi connectivity index (χ0) is 15.4. The van der Waals surface area contributed by atoms with Gasteiger partial charge in [-0.15, -0.1) is 0 Å². The SMILES string of the molecule is CCc1cccc(CC)c1Nc1ncc(N)cc1C(N)=O. The number of hydrogen-bond donors (Lipinski definition) is 3. The average Bonchev–Trinajstić information content (AvgIpc) is 2.48. The van der Waals surface area contributed by atoms with Gasteiger partial charge in [0, 0.05) is 5.69 Å². The molecule has 0 radical (unpaired) electrons. The molecule has 110 valence electrons. The van der Waals surface area contributed by atoms with Gasteiger partial charge in [-0.2, -0.15) is 0 Å². The maximum Gasteiger partial charge on any atom is 0.252 e. The zero-order valence-electron chi connectivity index (χ0n) is 12.3. The molecule has 2 rings (SSSR count). The van der Waals surface area contributed by atoms with E-state index in [1.807, 2.05) is 6.07 Å². The van der Waals surface area contributed by atoms with Crippen LogP contribution in [0, 0.1) is 0 Å². The number of nitrogen functional groups attached to an aromatic ring is 1. The predicted molar refractivity (Wildman–Crippen MR) is 85.6 cm³/mol. The Hall–Kier alpha value is -2.56. The fourth-order valence-electron chi connectivity index (χ4n) is 2.29. The molecule has 0 saturated heterocycles. The van der Waals surface area contributed by atoms with E-state index in [0.29, 0.717) is 17.1 Å². The van der Waals surface area contributed by atoms with E-state index in [4.69, 9.17) is 11.5 Å². The maximum atomic E-state index is 11.6. The van der Waals surface area contributed by atoms with E-state index in [-0.39, 0.29) is 0 Å². The van der Waals surface area contributed by atoms with Gasteiger partial charge in [-0.1, -0.05) is 32.0 Å². The van der Waals surface area contributed by atoms with E-state index >= 15 is 0 Å². The third-order valence-corrected chi connectivity index (χ3v) is 3.42. The van der Waals surface area contributed by atoms with Gasteiger partial charge >= 0.3 is 0 Å². The third kappa shape index (κ3) is 3.13. The minimum Gasteiger partial charge on any atom is -0.397 e. The lowest BCUT2D eigenvalue weighted by Gasteiger charge is -2.16. The Morgan fingerprint density at radius 3 is 2.38 bits per heavy atom. The van der Waals surface area contributed by atoms with E-state index in [1.54, 1.807) is 0 Å². The first-order valence-corrected chi connectivity index (χ1v) is 6.99. The van der Waals surface area contributed by atoms with Crippen molar-refractivity contribution in [3.63, 3.8) is 0 Å². The molecule has 2 aromatic rings. The number of nitrogens with zero attached hydrogens (tertiary/aromatic N) is 1. The van der Waals surface area contributed by atoms with Crippen molar-refractivity contribution in [1.82, 2.24) is 4.98 Å². The minimum absolute atomic E-state index is 0.294. The highest BCUT2D eigenvalue weighted by atomic mass is 16.1. The van der Waals surface area contributed by atoms with Crippen LogP contribution in [0.5, 0.6) is 0 Å². The number of anilines is 3. The number of para-hydroxylation sites is 1. The molecule has 0 spiro atoms. The Balaban J connectivity index is 2.50. The van der Waals surface area contributed by atoms with Crippen molar-refractivity contribution in [2.75, 3.05) is 11.1 Å². The van der Waals surface area contributed by atoms with Gasteiger partial charge in [-0.25, -0.2) is 4.98 Å². The van der Waals surface area contributed by atoms with E-state index < -0.39 is 5.91 Å². The van der Waals surface area contributed by atoms with Gasteiger partial charge in [-0.3, -0.25) is 4.79 Å². The number of amides is 1. The fourth-order valence-corrected chi connectivity index (χ4v) is 2.29. The second-order valence-electron chi connectivity index (χ2n) is 4.81. The van der Waals surface area contributed by atoms with Gasteiger partial charge in [0.05, 0.1) is 17.4 Å². The number of aromatic nitrogens is 1. The van der Waals surface area contributed by atoms with Crippen molar-refractivity contribution in [1.29, 1.82) is 0 Å². The summed E-state index contributed by atoms with van der Waals surface area (Å²) in [7, 11) is 0. The number of rotatable bonds is 5. The van der Waals surface area contributed by atoms with Crippen molar-refractivity contribution in [2.45, 2.75) is 26.7 Å². The smallest absolute Gasteiger partial charge is 0.252 e. The van der Waals surface area contributed by atoms with Crippen LogP contribution < -0.4 is 16.8 Å². The Morgan fingerprint density at radius 2 is 1.86 bits per heavy atom. The first kappa shape index (κ1) is 14.8. The summed E-state index contributed by atoms with van der Waals surface area (Å²) in [5.41, 5.74) is 15.1. The molecule has 21 heavy (non-hydrogen) atoms. The molecule has 0 atom stereocenters. The summed E-state index contributed by atoms with van der Waals surface area (Å²) in [6.45, 7) is 4.18. The molecule has 1 heterocycles. The van der Waals surface area contributed by atoms with Gasteiger partial charge < -0.3 is 16.8 Å². The number of hydrogen-bond acceptors (Lipinski definition) is 4. The molecule has 0 aliphatic carbocycles. The van der Waals surface area contributed by atoms with Gasteiger partial charge in [0.25, 0.3) is 5.91 Å². The van der Waals surface area contributed by atoms with Crippen LogP contribution in [0.3, 0.4) is 0 Å². The molecule has 1 aromatic heterocycles. The average molecular weight is 284 g/mol. The van der Waals surface area contributed by atoms with Crippen molar-refractivity contribution in [3.05, 3.63) is 47.2 Å². The van der Waals surface area contributed by atoms with Gasteiger partial charge in [0.15, 0.2) is 0 Å². The first-order valence-electron chi connectivity index (χ1n) is 6.99. The lowest BCUT2D eigenvalue weighted by molar-refractivity contribution is 0.100. The third-order valence-electron chi connectivity index (χ3n) is 3.42. The summed E-state index contributed by atoms with van der Waals surface area (Å²) in [5, 5.41) is 3.25. The Bertz CT molecular complexity index is 645. The van der Waals surface area contributed by atoms with Crippen LogP contribution in [-0.4, -0.2) is 10.9 Å². The minimum atomic E-state index is -0.552. The molecular weight excluding hydrogens is 264 g/mol. The lowest BCUT2D eigenvalue weighted by Crippen LogP contribution is -2.15. The largest absolute Gasteiger partial charge is 0.397 e. The molecule has 5 heteroatoms. The summed E-state index contributed by atoms with van der Waals surface area (Å²) in [5.74, 6) is -0.114. The normalized spacial score (nSPS) is 10.4. The Morgan fingerprint density at radius 1 is 1.24 bits per heavy atom. The summed E-state index contributed by atoms with van der Waals surface area (Å²) in [4.78, 5) is 15.8. The number of nitrogens with two attached hydrogens (primary N) is 2. The van der Waals surface area contributed by atoms with E-state index in [0.717, 1.165) is 18.5 Å². The molecule has 0 aliphatic rings. The summed E-state index contributed by atoms with van der Waals surface area (Å²) in [6, 6.07) is 7.69. The standard InChI is InChI=1S/C16H20N4O/c1-3-10-6-5-7-11(4-2)14(10)20-16-13(15(18)21)8-12(17)9-19-16/h5-9H,3-4,17H2,1-2H3,(H2,18,21)(H,19,20). The summed E-state index contributed by atoms with van der Waals surface area (Å²) >= 11 is 0. The first-order chi connectivity index (χ1) is 10.1. The van der Waals surface area contributed by atoms with Crippen molar-refractivity contribution < 1.29 is 4.79 Å². The molecule has 0 saturated carbocycles. The number of benzene rings is 1. The molecule has 5 nitrogen and oxygen atoms in total. The van der Waals surface area contributed by atoms with Crippen LogP contribution >= 0.6 is 0 Å². The van der Waals surface area contributed by atoms with Crippen molar-refractivity contribution in [3.8, 4) is 0 Å². The maximum absolute atomic E-state index is 11.6. The van der Waals surface area contributed by atoms with Gasteiger partial charge in [0.1, 0.15) is 5.82 Å². The Kier molecular flexibility index (Phi) is 4.42. The summed E-state index contributed by atoms with van der Waals surface area (Å²) in [6.07, 6.45) is 3.28. The van der Waals surface area contributed by atoms with E-state index in [9.17, 15) is 4.79 Å². The second-order valence-corrected chi connectivity index (χ2v) is 4.81. The second kappa shape index (κ2) is 6.26. The molecule has 1 amide bonds. The molecular formula is C16H20N4O. The number of nitrogens with one attached hydrogen (secondary N) is 1. The number of carbonyl (C=O) groups is 1. The monoisotopic (exact) mass is 284 g/mol. The van der Waals surface area contributed by atoms with Gasteiger partial charge in [0.2, 0.25) is 0 Å². The van der Waals surface area contributed by atoms with E-state index in [2.05, 4.69) is 36.3 Å². The van der Waals surface area contributed by atoms with Crippen LogP contribution in [0.15, 0.2) is 30.5 Å². The Labute approximate surface area is 124 Å². The fraction of sp³-hybridized carbons (Fsp3) is 0.250. The van der Waals surface area contributed by atoms with Crippen molar-refractivity contribution >= 4 is 23.1 Å². The summed E-state index contributed by atoms with van der Waals surface area (Å²) < 4.78 is 0. The highest BCUT2D eigenvalue weighted by Gasteiger charge is 2.13. The quantitative estimate of drug-likeness (QED) is 0.786. The van der Waals surface area contributed by atoms with Crippen molar-refractivity contribution in [2.24, 2.45) is 5.73 Å². The lowest BCUT2D eigenvalue weighted by atomic mass is 10.0. The number of carbonyl (C=O) groups excluding carboxylic acids is 1. The predicted octanol–water partition coefficient (Wildman–Crippen LogP) is 2.63. The van der Waals surface area contributed by atoms with Crippen LogP contribution in [-0.2, 0) is 12.8 Å². The molecule has 1 aromatic carbocycles. The van der Waals surface area contributed by atoms with Crippen LogP contribution in [0.25, 0.3) is 0 Å². The van der Waals surface area contributed by atoms with Crippen LogP contribution in [0.1, 0.15) is 35.3 Å². The van der Waals surface area contributed by atoms with Crippen LogP contribution in [0.2, 0.25) is 0 Å². The molecule has 0 fully saturated rings. The molecule has 0 bridgehead atoms. The van der Waals surface area contributed by atoms with Gasteiger partial charge in [-0.05, 0) is 30.0 Å². The van der Waals surface area contributed by atoms with E-state index in [1.165, 1.54) is 23.4 Å². The highest BCUT2D eigenvalue weighted by Crippen LogP contribution is 2.27. The number of pyridine rings is 1. The molecule has 5 N–H and O–H groups in total.